The molecule has 1 saturated heterocycles. The van der Waals surface area contributed by atoms with Crippen LogP contribution in [0.1, 0.15) is 26.2 Å². The Morgan fingerprint density at radius 3 is 3.00 bits per heavy atom. The molecule has 0 bridgehead atoms. The zero-order valence-corrected chi connectivity index (χ0v) is 12.1. The standard InChI is InChI=1S/C15H23FN2O2/c1-3-12-9-15(10-17,6-7-20-12)18-11-4-5-13(16)14(8-11)19-2/h4-5,8,12,18H,3,6-7,9-10,17H2,1-2H3. The Balaban J connectivity index is 2.17. The Bertz CT molecular complexity index is 455. The molecule has 4 nitrogen and oxygen atoms in total. The second-order valence-electron chi connectivity index (χ2n) is 5.31. The van der Waals surface area contributed by atoms with Crippen molar-refractivity contribution in [3.8, 4) is 5.75 Å². The van der Waals surface area contributed by atoms with Crippen LogP contribution in [0.4, 0.5) is 10.1 Å². The van der Waals surface area contributed by atoms with E-state index in [1.54, 1.807) is 12.1 Å². The zero-order valence-electron chi connectivity index (χ0n) is 12.1. The molecular formula is C15H23FN2O2. The third-order valence-corrected chi connectivity index (χ3v) is 3.96. The zero-order chi connectivity index (χ0) is 14.6. The number of nitrogens with two attached hydrogens (primary N) is 1. The van der Waals surface area contributed by atoms with E-state index >= 15 is 0 Å². The minimum absolute atomic E-state index is 0.193. The van der Waals surface area contributed by atoms with Crippen LogP contribution in [-0.2, 0) is 4.74 Å². The Morgan fingerprint density at radius 2 is 2.35 bits per heavy atom. The SMILES string of the molecule is CCC1CC(CN)(Nc2ccc(F)c(OC)c2)CCO1. The van der Waals surface area contributed by atoms with Gasteiger partial charge in [-0.1, -0.05) is 6.92 Å². The molecule has 2 unspecified atom stereocenters. The van der Waals surface area contributed by atoms with E-state index in [1.165, 1.54) is 13.2 Å². The molecule has 1 aliphatic rings. The summed E-state index contributed by atoms with van der Waals surface area (Å²) in [5.74, 6) is -0.125. The molecular weight excluding hydrogens is 259 g/mol. The summed E-state index contributed by atoms with van der Waals surface area (Å²) >= 11 is 0. The van der Waals surface area contributed by atoms with Gasteiger partial charge in [0.15, 0.2) is 11.6 Å². The highest BCUT2D eigenvalue weighted by atomic mass is 19.1. The maximum absolute atomic E-state index is 13.4. The van der Waals surface area contributed by atoms with Gasteiger partial charge in [0.25, 0.3) is 0 Å². The third-order valence-electron chi connectivity index (χ3n) is 3.96. The minimum atomic E-state index is -0.363. The number of methoxy groups -OCH3 is 1. The van der Waals surface area contributed by atoms with Gasteiger partial charge in [-0.2, -0.15) is 0 Å². The van der Waals surface area contributed by atoms with E-state index in [0.717, 1.165) is 24.9 Å². The number of hydrogen-bond acceptors (Lipinski definition) is 4. The third kappa shape index (κ3) is 3.22. The maximum atomic E-state index is 13.4. The van der Waals surface area contributed by atoms with Gasteiger partial charge >= 0.3 is 0 Å². The lowest BCUT2D eigenvalue weighted by atomic mass is 9.85. The van der Waals surface area contributed by atoms with Crippen molar-refractivity contribution >= 4 is 5.69 Å². The van der Waals surface area contributed by atoms with Gasteiger partial charge in [-0.05, 0) is 31.4 Å². The topological polar surface area (TPSA) is 56.5 Å². The second-order valence-corrected chi connectivity index (χ2v) is 5.31. The molecule has 0 saturated carbocycles. The van der Waals surface area contributed by atoms with Crippen LogP contribution in [0.3, 0.4) is 0 Å². The van der Waals surface area contributed by atoms with Crippen molar-refractivity contribution in [3.05, 3.63) is 24.0 Å². The molecule has 2 atom stereocenters. The van der Waals surface area contributed by atoms with Gasteiger partial charge in [0.2, 0.25) is 0 Å². The first-order valence-electron chi connectivity index (χ1n) is 7.06. The summed E-state index contributed by atoms with van der Waals surface area (Å²) in [5.41, 5.74) is 6.61. The van der Waals surface area contributed by atoms with Gasteiger partial charge in [0.1, 0.15) is 0 Å². The molecule has 1 aromatic rings. The van der Waals surface area contributed by atoms with Gasteiger partial charge in [0, 0.05) is 24.9 Å². The largest absolute Gasteiger partial charge is 0.494 e. The molecule has 0 amide bonds. The van der Waals surface area contributed by atoms with Crippen molar-refractivity contribution in [3.63, 3.8) is 0 Å². The molecule has 1 fully saturated rings. The van der Waals surface area contributed by atoms with Crippen molar-refractivity contribution in [1.82, 2.24) is 0 Å². The summed E-state index contributed by atoms with van der Waals surface area (Å²) in [5, 5.41) is 3.46. The monoisotopic (exact) mass is 282 g/mol. The summed E-state index contributed by atoms with van der Waals surface area (Å²) in [6.07, 6.45) is 2.90. The minimum Gasteiger partial charge on any atom is -0.494 e. The van der Waals surface area contributed by atoms with E-state index in [1.807, 2.05) is 0 Å². The summed E-state index contributed by atoms with van der Waals surface area (Å²) in [6, 6.07) is 4.79. The van der Waals surface area contributed by atoms with E-state index in [-0.39, 0.29) is 23.2 Å². The maximum Gasteiger partial charge on any atom is 0.165 e. The smallest absolute Gasteiger partial charge is 0.165 e. The van der Waals surface area contributed by atoms with Crippen LogP contribution in [0.5, 0.6) is 5.75 Å². The van der Waals surface area contributed by atoms with Crippen molar-refractivity contribution in [2.75, 3.05) is 25.6 Å². The van der Waals surface area contributed by atoms with Crippen LogP contribution >= 0.6 is 0 Å². The number of hydrogen-bond donors (Lipinski definition) is 2. The summed E-state index contributed by atoms with van der Waals surface area (Å²) in [4.78, 5) is 0. The molecule has 0 radical (unpaired) electrons. The lowest BCUT2D eigenvalue weighted by Gasteiger charge is -2.41. The first-order valence-corrected chi connectivity index (χ1v) is 7.06. The Hall–Kier alpha value is -1.33. The number of anilines is 1. The summed E-state index contributed by atoms with van der Waals surface area (Å²) < 4.78 is 24.2. The molecule has 5 heteroatoms. The molecule has 1 aromatic carbocycles. The van der Waals surface area contributed by atoms with E-state index in [9.17, 15) is 4.39 Å². The van der Waals surface area contributed by atoms with Crippen LogP contribution in [0.25, 0.3) is 0 Å². The first-order chi connectivity index (χ1) is 9.62. The molecule has 20 heavy (non-hydrogen) atoms. The second kappa shape index (κ2) is 6.41. The summed E-state index contributed by atoms with van der Waals surface area (Å²) in [6.45, 7) is 3.33. The van der Waals surface area contributed by atoms with Crippen molar-refractivity contribution in [2.45, 2.75) is 37.8 Å². The van der Waals surface area contributed by atoms with Gasteiger partial charge in [-0.25, -0.2) is 4.39 Å². The molecule has 0 aromatic heterocycles. The fourth-order valence-corrected chi connectivity index (χ4v) is 2.67. The Morgan fingerprint density at radius 1 is 1.55 bits per heavy atom. The van der Waals surface area contributed by atoms with Crippen LogP contribution in [-0.4, -0.2) is 31.9 Å². The predicted molar refractivity (Wildman–Crippen MR) is 77.6 cm³/mol. The quantitative estimate of drug-likeness (QED) is 0.871. The van der Waals surface area contributed by atoms with Crippen LogP contribution < -0.4 is 15.8 Å². The Kier molecular flexibility index (Phi) is 4.83. The molecule has 112 valence electrons. The van der Waals surface area contributed by atoms with E-state index in [2.05, 4.69) is 12.2 Å². The average molecular weight is 282 g/mol. The van der Waals surface area contributed by atoms with E-state index in [4.69, 9.17) is 15.2 Å². The van der Waals surface area contributed by atoms with Crippen molar-refractivity contribution in [2.24, 2.45) is 5.73 Å². The number of nitrogens with one attached hydrogen (secondary N) is 1. The van der Waals surface area contributed by atoms with Gasteiger partial charge < -0.3 is 20.5 Å². The van der Waals surface area contributed by atoms with Crippen LogP contribution in [0, 0.1) is 5.82 Å². The van der Waals surface area contributed by atoms with Crippen molar-refractivity contribution < 1.29 is 13.9 Å². The number of ether oxygens (including phenoxy) is 2. The van der Waals surface area contributed by atoms with Crippen LogP contribution in [0.15, 0.2) is 18.2 Å². The number of halogens is 1. The van der Waals surface area contributed by atoms with E-state index in [0.29, 0.717) is 13.2 Å². The highest BCUT2D eigenvalue weighted by molar-refractivity contribution is 5.51. The van der Waals surface area contributed by atoms with E-state index < -0.39 is 0 Å². The highest BCUT2D eigenvalue weighted by Gasteiger charge is 2.35. The molecule has 0 spiro atoms. The Labute approximate surface area is 119 Å². The predicted octanol–water partition coefficient (Wildman–Crippen LogP) is 2.53. The van der Waals surface area contributed by atoms with Crippen LogP contribution in [0.2, 0.25) is 0 Å². The van der Waals surface area contributed by atoms with Gasteiger partial charge in [-0.3, -0.25) is 0 Å². The van der Waals surface area contributed by atoms with Crippen molar-refractivity contribution in [1.29, 1.82) is 0 Å². The summed E-state index contributed by atoms with van der Waals surface area (Å²) in [7, 11) is 1.46. The molecule has 2 rings (SSSR count). The average Bonchev–Trinajstić information content (AvgIpc) is 2.49. The molecule has 1 aliphatic heterocycles. The first kappa shape index (κ1) is 15.1. The molecule has 0 aliphatic carbocycles. The lowest BCUT2D eigenvalue weighted by molar-refractivity contribution is -0.0125. The molecule has 1 heterocycles. The molecule has 3 N–H and O–H groups in total. The highest BCUT2D eigenvalue weighted by Crippen LogP contribution is 2.31. The fraction of sp³-hybridized carbons (Fsp3) is 0.600. The lowest BCUT2D eigenvalue weighted by Crippen LogP contribution is -2.52. The van der Waals surface area contributed by atoms with Gasteiger partial charge in [-0.15, -0.1) is 0 Å². The number of rotatable bonds is 5. The van der Waals surface area contributed by atoms with Gasteiger partial charge in [0.05, 0.1) is 18.8 Å². The number of benzene rings is 1. The normalized spacial score (nSPS) is 26.3. The fourth-order valence-electron chi connectivity index (χ4n) is 2.67.